The van der Waals surface area contributed by atoms with E-state index in [1.54, 1.807) is 40.7 Å². The largest absolute Gasteiger partial charge is 0.455 e. The predicted octanol–water partition coefficient (Wildman–Crippen LogP) is 1.80. The van der Waals surface area contributed by atoms with Gasteiger partial charge in [-0.3, -0.25) is 4.79 Å². The van der Waals surface area contributed by atoms with Crippen LogP contribution >= 0.6 is 0 Å². The number of hydrogen-bond acceptors (Lipinski definition) is 9. The molecule has 3 aliphatic rings. The summed E-state index contributed by atoms with van der Waals surface area (Å²) in [6.45, 7) is 13.5. The van der Waals surface area contributed by atoms with Crippen LogP contribution in [0, 0.1) is 17.8 Å². The fourth-order valence-electron chi connectivity index (χ4n) is 4.81. The number of fused-ring (bicyclic) bond motifs is 3. The summed E-state index contributed by atoms with van der Waals surface area (Å²) in [5, 5.41) is 23.1. The van der Waals surface area contributed by atoms with Gasteiger partial charge in [0.2, 0.25) is 5.79 Å². The van der Waals surface area contributed by atoms with Crippen molar-refractivity contribution >= 4 is 17.9 Å². The van der Waals surface area contributed by atoms with Crippen LogP contribution in [0.25, 0.3) is 0 Å². The van der Waals surface area contributed by atoms with Crippen molar-refractivity contribution in [3.63, 3.8) is 0 Å². The summed E-state index contributed by atoms with van der Waals surface area (Å²) in [6.07, 6.45) is -2.64. The third kappa shape index (κ3) is 4.46. The highest BCUT2D eigenvalue weighted by Crippen LogP contribution is 2.50. The average Bonchev–Trinajstić information content (AvgIpc) is 3.17. The number of allylic oxidation sites excluding steroid dienone is 1. The molecule has 0 aromatic carbocycles. The summed E-state index contributed by atoms with van der Waals surface area (Å²) in [4.78, 5) is 37.9. The zero-order valence-corrected chi connectivity index (χ0v) is 20.0. The van der Waals surface area contributed by atoms with Gasteiger partial charge in [-0.15, -0.1) is 0 Å². The third-order valence-electron chi connectivity index (χ3n) is 6.93. The molecule has 3 fully saturated rings. The molecule has 0 amide bonds. The lowest BCUT2D eigenvalue weighted by atomic mass is 9.75. The van der Waals surface area contributed by atoms with Crippen molar-refractivity contribution in [1.82, 2.24) is 0 Å². The van der Waals surface area contributed by atoms with Crippen molar-refractivity contribution in [2.75, 3.05) is 0 Å². The second-order valence-corrected chi connectivity index (χ2v) is 9.92. The minimum Gasteiger partial charge on any atom is -0.455 e. The molecule has 0 aromatic rings. The van der Waals surface area contributed by atoms with Crippen molar-refractivity contribution in [3.05, 3.63) is 23.8 Å². The fourth-order valence-corrected chi connectivity index (χ4v) is 4.81. The first kappa shape index (κ1) is 25.4. The van der Waals surface area contributed by atoms with Gasteiger partial charge in [0.1, 0.15) is 5.60 Å². The van der Waals surface area contributed by atoms with E-state index < -0.39 is 71.5 Å². The number of ether oxygens (including phenoxy) is 4. The van der Waals surface area contributed by atoms with E-state index >= 15 is 0 Å². The Morgan fingerprint density at radius 3 is 2.45 bits per heavy atom. The van der Waals surface area contributed by atoms with Crippen LogP contribution in [0.15, 0.2) is 23.8 Å². The lowest BCUT2D eigenvalue weighted by Gasteiger charge is -2.41. The molecule has 3 heterocycles. The summed E-state index contributed by atoms with van der Waals surface area (Å²) in [6, 6.07) is 0. The topological polar surface area (TPSA) is 129 Å². The second-order valence-electron chi connectivity index (χ2n) is 9.92. The first-order valence-electron chi connectivity index (χ1n) is 11.3. The van der Waals surface area contributed by atoms with Gasteiger partial charge in [0.05, 0.1) is 17.9 Å². The van der Waals surface area contributed by atoms with Crippen molar-refractivity contribution in [3.8, 4) is 0 Å². The van der Waals surface area contributed by atoms with Gasteiger partial charge in [0, 0.05) is 23.5 Å². The molecule has 0 aliphatic carbocycles. The average molecular weight is 467 g/mol. The van der Waals surface area contributed by atoms with Gasteiger partial charge in [-0.05, 0) is 27.2 Å². The quantitative estimate of drug-likeness (QED) is 0.362. The first-order valence-corrected chi connectivity index (χ1v) is 11.3. The summed E-state index contributed by atoms with van der Waals surface area (Å²) >= 11 is 0. The van der Waals surface area contributed by atoms with E-state index in [1.807, 2.05) is 0 Å². The summed E-state index contributed by atoms with van der Waals surface area (Å²) in [5.41, 5.74) is -1.44. The molecule has 3 saturated heterocycles. The van der Waals surface area contributed by atoms with Gasteiger partial charge >= 0.3 is 17.9 Å². The standard InChI is InChI=1S/C24H34O9/c1-8-12(4)21(26)31-18-16-14(6)22(27)30-17(16)19(32-20(25)11(2)3)23(7,28)10-15-9-13(5)24(18,29)33-15/h8,11,13,15-19,28-29H,6,9-10H2,1-5,7H3/t13-,15+,16+,17+,18-,19-,23+,24-/m0/s1. The van der Waals surface area contributed by atoms with Crippen molar-refractivity contribution < 1.29 is 43.5 Å². The van der Waals surface area contributed by atoms with E-state index in [0.29, 0.717) is 12.0 Å². The number of hydrogen-bond donors (Lipinski definition) is 2. The van der Waals surface area contributed by atoms with Gasteiger partial charge in [-0.1, -0.05) is 33.4 Å². The molecule has 3 aliphatic heterocycles. The maximum absolute atomic E-state index is 12.8. The lowest BCUT2D eigenvalue weighted by molar-refractivity contribution is -0.277. The van der Waals surface area contributed by atoms with Gasteiger partial charge < -0.3 is 29.2 Å². The van der Waals surface area contributed by atoms with Crippen LogP contribution in [0.1, 0.15) is 54.4 Å². The minimum absolute atomic E-state index is 0.00248. The molecule has 9 heteroatoms. The van der Waals surface area contributed by atoms with Crippen molar-refractivity contribution in [2.24, 2.45) is 17.8 Å². The van der Waals surface area contributed by atoms with Crippen LogP contribution < -0.4 is 0 Å². The Kier molecular flexibility index (Phi) is 6.81. The van der Waals surface area contributed by atoms with Crippen molar-refractivity contribution in [2.45, 2.75) is 90.2 Å². The third-order valence-corrected chi connectivity index (χ3v) is 6.93. The first-order chi connectivity index (χ1) is 15.2. The molecule has 0 saturated carbocycles. The van der Waals surface area contributed by atoms with E-state index in [1.165, 1.54) is 6.92 Å². The molecule has 0 spiro atoms. The number of carbonyl (C=O) groups is 3. The van der Waals surface area contributed by atoms with E-state index in [4.69, 9.17) is 18.9 Å². The maximum atomic E-state index is 12.8. The predicted molar refractivity (Wildman–Crippen MR) is 115 cm³/mol. The highest BCUT2D eigenvalue weighted by Gasteiger charge is 2.65. The second kappa shape index (κ2) is 8.85. The number of esters is 3. The molecule has 33 heavy (non-hydrogen) atoms. The fraction of sp³-hybridized carbons (Fsp3) is 0.708. The molecule has 2 N–H and O–H groups in total. The van der Waals surface area contributed by atoms with Gasteiger partial charge in [0.25, 0.3) is 0 Å². The highest BCUT2D eigenvalue weighted by atomic mass is 16.7. The van der Waals surface area contributed by atoms with E-state index in [2.05, 4.69) is 6.58 Å². The molecular formula is C24H34O9. The van der Waals surface area contributed by atoms with E-state index in [-0.39, 0.29) is 12.0 Å². The minimum atomic E-state index is -1.97. The van der Waals surface area contributed by atoms with Crippen LogP contribution in [0.5, 0.6) is 0 Å². The van der Waals surface area contributed by atoms with Crippen LogP contribution in [0.4, 0.5) is 0 Å². The highest BCUT2D eigenvalue weighted by molar-refractivity contribution is 5.92. The molecule has 3 rings (SSSR count). The Morgan fingerprint density at radius 2 is 1.88 bits per heavy atom. The van der Waals surface area contributed by atoms with E-state index in [0.717, 1.165) is 0 Å². The van der Waals surface area contributed by atoms with Crippen LogP contribution in [-0.4, -0.2) is 63.9 Å². The normalized spacial score (nSPS) is 41.1. The Labute approximate surface area is 193 Å². The molecule has 0 radical (unpaired) electrons. The van der Waals surface area contributed by atoms with Crippen LogP contribution in [0.3, 0.4) is 0 Å². The molecule has 9 nitrogen and oxygen atoms in total. The Hall–Kier alpha value is -2.23. The van der Waals surface area contributed by atoms with E-state index in [9.17, 15) is 24.6 Å². The maximum Gasteiger partial charge on any atom is 0.334 e. The lowest BCUT2D eigenvalue weighted by Crippen LogP contribution is -2.58. The molecular weight excluding hydrogens is 432 g/mol. The Morgan fingerprint density at radius 1 is 1.24 bits per heavy atom. The summed E-state index contributed by atoms with van der Waals surface area (Å²) in [5.74, 6) is -6.18. The van der Waals surface area contributed by atoms with Crippen molar-refractivity contribution in [1.29, 1.82) is 0 Å². The zero-order chi connectivity index (χ0) is 24.9. The monoisotopic (exact) mass is 466 g/mol. The summed E-state index contributed by atoms with van der Waals surface area (Å²) < 4.78 is 22.9. The molecule has 184 valence electrons. The molecule has 0 aromatic heterocycles. The summed E-state index contributed by atoms with van der Waals surface area (Å²) in [7, 11) is 0. The molecule has 2 bridgehead atoms. The van der Waals surface area contributed by atoms with Crippen LogP contribution in [0.2, 0.25) is 0 Å². The van der Waals surface area contributed by atoms with Gasteiger partial charge in [-0.25, -0.2) is 9.59 Å². The smallest absolute Gasteiger partial charge is 0.334 e. The molecule has 8 atom stereocenters. The van der Waals surface area contributed by atoms with Gasteiger partial charge in [0.15, 0.2) is 18.3 Å². The molecule has 0 unspecified atom stereocenters. The zero-order valence-electron chi connectivity index (χ0n) is 20.0. The number of aliphatic hydroxyl groups is 2. The number of rotatable bonds is 4. The SMILES string of the molecule is C=C1C(=O)O[C@@H]2[C@@H]1[C@H](OC(=O)C(C)=CC)[C@@]1(O)O[C@H](C[C@@H]1C)C[C@@](C)(O)[C@H]2OC(=O)C(C)C. The number of carbonyl (C=O) groups excluding carboxylic acids is 3. The van der Waals surface area contributed by atoms with Crippen LogP contribution in [-0.2, 0) is 33.3 Å². The Bertz CT molecular complexity index is 873. The van der Waals surface area contributed by atoms with Gasteiger partial charge in [-0.2, -0.15) is 0 Å². The Balaban J connectivity index is 2.16.